The van der Waals surface area contributed by atoms with Crippen molar-refractivity contribution in [1.82, 2.24) is 15.2 Å². The Hall–Kier alpha value is -2.00. The van der Waals surface area contributed by atoms with E-state index in [0.717, 1.165) is 30.6 Å². The summed E-state index contributed by atoms with van der Waals surface area (Å²) in [6.45, 7) is 4.65. The second-order valence-electron chi connectivity index (χ2n) is 6.09. The maximum atomic E-state index is 12.2. The number of nitrogens with zero attached hydrogens (tertiary/aromatic N) is 3. The summed E-state index contributed by atoms with van der Waals surface area (Å²) in [5.74, 6) is -0.239. The van der Waals surface area contributed by atoms with Crippen molar-refractivity contribution < 1.29 is 4.79 Å². The van der Waals surface area contributed by atoms with Crippen molar-refractivity contribution in [1.29, 1.82) is 0 Å². The van der Waals surface area contributed by atoms with Gasteiger partial charge in [0.1, 0.15) is 0 Å². The van der Waals surface area contributed by atoms with E-state index in [9.17, 15) is 4.79 Å². The molecule has 27 heavy (non-hydrogen) atoms. The first-order chi connectivity index (χ1) is 12.9. The molecule has 0 saturated carbocycles. The van der Waals surface area contributed by atoms with Crippen LogP contribution < -0.4 is 5.43 Å². The van der Waals surface area contributed by atoms with Crippen molar-refractivity contribution >= 4 is 50.6 Å². The molecule has 3 aromatic rings. The molecule has 2 aromatic carbocycles. The molecular weight excluding hydrogens is 519 g/mol. The number of hydrogen-bond donors (Lipinski definition) is 1. The number of hydrazone groups is 1. The van der Waals surface area contributed by atoms with Crippen LogP contribution in [-0.2, 0) is 6.54 Å². The molecule has 0 aliphatic rings. The summed E-state index contributed by atoms with van der Waals surface area (Å²) in [4.78, 5) is 12.2. The number of benzene rings is 2. The van der Waals surface area contributed by atoms with Gasteiger partial charge >= 0.3 is 0 Å². The van der Waals surface area contributed by atoms with Gasteiger partial charge in [-0.05, 0) is 87.8 Å². The van der Waals surface area contributed by atoms with Crippen LogP contribution in [0.15, 0.2) is 58.1 Å². The Morgan fingerprint density at radius 3 is 2.63 bits per heavy atom. The molecule has 138 valence electrons. The van der Waals surface area contributed by atoms with Gasteiger partial charge in [0.25, 0.3) is 5.91 Å². The largest absolute Gasteiger partial charge is 0.271 e. The number of carbonyl (C=O) groups is 1. The number of hydrogen-bond acceptors (Lipinski definition) is 3. The van der Waals surface area contributed by atoms with Crippen molar-refractivity contribution in [3.63, 3.8) is 0 Å². The molecule has 1 amide bonds. The van der Waals surface area contributed by atoms with Crippen LogP contribution in [0.2, 0.25) is 0 Å². The highest BCUT2D eigenvalue weighted by Gasteiger charge is 2.09. The van der Waals surface area contributed by atoms with Gasteiger partial charge in [0.2, 0.25) is 0 Å². The van der Waals surface area contributed by atoms with Crippen LogP contribution >= 0.6 is 38.5 Å². The van der Waals surface area contributed by atoms with E-state index in [1.807, 2.05) is 54.9 Å². The summed E-state index contributed by atoms with van der Waals surface area (Å²) in [5, 5.41) is 8.53. The van der Waals surface area contributed by atoms with Gasteiger partial charge in [-0.15, -0.1) is 0 Å². The van der Waals surface area contributed by atoms with Gasteiger partial charge in [-0.1, -0.05) is 24.3 Å². The number of aromatic nitrogens is 2. The topological polar surface area (TPSA) is 59.3 Å². The molecule has 0 bridgehead atoms. The Morgan fingerprint density at radius 1 is 1.26 bits per heavy atom. The van der Waals surface area contributed by atoms with Gasteiger partial charge in [-0.25, -0.2) is 5.43 Å². The second-order valence-corrected chi connectivity index (χ2v) is 8.13. The molecule has 1 N–H and O–H groups in total. The zero-order valence-corrected chi connectivity index (χ0v) is 18.7. The SMILES string of the molecule is Cc1nn(Cc2ccc(C(=O)N/N=C\c3cccc(I)c3)cc2)c(C)c1Br. The van der Waals surface area contributed by atoms with Crippen LogP contribution in [0.5, 0.6) is 0 Å². The molecule has 0 atom stereocenters. The van der Waals surface area contributed by atoms with Gasteiger partial charge in [-0.2, -0.15) is 10.2 Å². The fourth-order valence-electron chi connectivity index (χ4n) is 2.58. The Kier molecular flexibility index (Phi) is 6.43. The van der Waals surface area contributed by atoms with E-state index in [1.165, 1.54) is 0 Å². The van der Waals surface area contributed by atoms with Gasteiger partial charge < -0.3 is 0 Å². The normalized spacial score (nSPS) is 11.1. The first-order valence-electron chi connectivity index (χ1n) is 8.31. The number of amides is 1. The molecule has 1 aromatic heterocycles. The number of carbonyl (C=O) groups excluding carboxylic acids is 1. The molecule has 0 aliphatic heterocycles. The monoisotopic (exact) mass is 536 g/mol. The lowest BCUT2D eigenvalue weighted by Gasteiger charge is -2.06. The van der Waals surface area contributed by atoms with Crippen LogP contribution in [0.25, 0.3) is 0 Å². The molecule has 0 fully saturated rings. The molecule has 3 rings (SSSR count). The zero-order valence-electron chi connectivity index (χ0n) is 14.9. The van der Waals surface area contributed by atoms with Gasteiger partial charge in [0, 0.05) is 9.13 Å². The van der Waals surface area contributed by atoms with E-state index >= 15 is 0 Å². The molecule has 0 saturated heterocycles. The predicted molar refractivity (Wildman–Crippen MR) is 119 cm³/mol. The fraction of sp³-hybridized carbons (Fsp3) is 0.150. The Balaban J connectivity index is 1.62. The molecule has 0 spiro atoms. The molecule has 7 heteroatoms. The van der Waals surface area contributed by atoms with E-state index in [-0.39, 0.29) is 5.91 Å². The van der Waals surface area contributed by atoms with Gasteiger partial charge in [0.15, 0.2) is 0 Å². The highest BCUT2D eigenvalue weighted by molar-refractivity contribution is 14.1. The first-order valence-corrected chi connectivity index (χ1v) is 10.2. The minimum Gasteiger partial charge on any atom is -0.267 e. The third-order valence-corrected chi connectivity index (χ3v) is 5.89. The highest BCUT2D eigenvalue weighted by Crippen LogP contribution is 2.20. The van der Waals surface area contributed by atoms with Crippen LogP contribution in [-0.4, -0.2) is 21.9 Å². The van der Waals surface area contributed by atoms with Crippen molar-refractivity contribution in [2.24, 2.45) is 5.10 Å². The molecule has 0 radical (unpaired) electrons. The summed E-state index contributed by atoms with van der Waals surface area (Å²) in [6.07, 6.45) is 1.63. The van der Waals surface area contributed by atoms with Crippen molar-refractivity contribution in [2.75, 3.05) is 0 Å². The van der Waals surface area contributed by atoms with E-state index < -0.39 is 0 Å². The predicted octanol–water partition coefficient (Wildman–Crippen LogP) is 4.68. The molecule has 1 heterocycles. The second kappa shape index (κ2) is 8.79. The smallest absolute Gasteiger partial charge is 0.267 e. The summed E-state index contributed by atoms with van der Waals surface area (Å²) < 4.78 is 4.09. The van der Waals surface area contributed by atoms with Crippen molar-refractivity contribution in [3.8, 4) is 0 Å². The lowest BCUT2D eigenvalue weighted by Crippen LogP contribution is -2.17. The number of nitrogens with one attached hydrogen (secondary N) is 1. The summed E-state index contributed by atoms with van der Waals surface area (Å²) in [6, 6.07) is 15.3. The third kappa shape index (κ3) is 5.04. The van der Waals surface area contributed by atoms with E-state index in [2.05, 4.69) is 54.1 Å². The molecule has 0 unspecified atom stereocenters. The summed E-state index contributed by atoms with van der Waals surface area (Å²) >= 11 is 5.78. The highest BCUT2D eigenvalue weighted by atomic mass is 127. The maximum Gasteiger partial charge on any atom is 0.271 e. The Labute approximate surface area is 180 Å². The minimum atomic E-state index is -0.239. The average Bonchev–Trinajstić information content (AvgIpc) is 2.89. The van der Waals surface area contributed by atoms with Crippen LogP contribution in [0, 0.1) is 17.4 Å². The summed E-state index contributed by atoms with van der Waals surface area (Å²) in [5.41, 5.74) is 7.19. The van der Waals surface area contributed by atoms with E-state index in [0.29, 0.717) is 12.1 Å². The standard InChI is InChI=1S/C20H18BrIN4O/c1-13-19(21)14(2)26(25-13)12-15-6-8-17(9-7-15)20(27)24-23-11-16-4-3-5-18(22)10-16/h3-11H,12H2,1-2H3,(H,24,27)/b23-11-. The van der Waals surface area contributed by atoms with Crippen molar-refractivity contribution in [3.05, 3.63) is 84.7 Å². The lowest BCUT2D eigenvalue weighted by atomic mass is 10.1. The molecule has 0 aliphatic carbocycles. The Bertz CT molecular complexity index is 996. The minimum absolute atomic E-state index is 0.239. The summed E-state index contributed by atoms with van der Waals surface area (Å²) in [7, 11) is 0. The number of aryl methyl sites for hydroxylation is 1. The Morgan fingerprint density at radius 2 is 2.00 bits per heavy atom. The van der Waals surface area contributed by atoms with Crippen LogP contribution in [0.1, 0.15) is 32.9 Å². The third-order valence-electron chi connectivity index (χ3n) is 4.07. The van der Waals surface area contributed by atoms with Crippen LogP contribution in [0.3, 0.4) is 0 Å². The van der Waals surface area contributed by atoms with E-state index in [1.54, 1.807) is 18.3 Å². The quantitative estimate of drug-likeness (QED) is 0.292. The lowest BCUT2D eigenvalue weighted by molar-refractivity contribution is 0.0955. The van der Waals surface area contributed by atoms with Gasteiger partial charge in [0.05, 0.1) is 28.6 Å². The zero-order chi connectivity index (χ0) is 19.4. The van der Waals surface area contributed by atoms with Gasteiger partial charge in [-0.3, -0.25) is 9.48 Å². The van der Waals surface area contributed by atoms with Crippen LogP contribution in [0.4, 0.5) is 0 Å². The first kappa shape index (κ1) is 19.8. The molecule has 5 nitrogen and oxygen atoms in total. The average molecular weight is 537 g/mol. The number of halogens is 2. The van der Waals surface area contributed by atoms with Crippen molar-refractivity contribution in [2.45, 2.75) is 20.4 Å². The maximum absolute atomic E-state index is 12.2. The fourth-order valence-corrected chi connectivity index (χ4v) is 3.43. The van der Waals surface area contributed by atoms with E-state index in [4.69, 9.17) is 0 Å². The number of rotatable bonds is 5. The molecular formula is C20H18BrIN4O.